The normalized spacial score (nSPS) is 16.7. The number of H-pyrrole nitrogens is 2. The summed E-state index contributed by atoms with van der Waals surface area (Å²) in [5.41, 5.74) is 3.11. The average molecular weight is 415 g/mol. The van der Waals surface area contributed by atoms with Crippen molar-refractivity contribution in [2.45, 2.75) is 31.9 Å². The molecule has 0 radical (unpaired) electrons. The van der Waals surface area contributed by atoms with Crippen molar-refractivity contribution >= 4 is 27.6 Å². The first-order valence-electron chi connectivity index (χ1n) is 10.6. The minimum Gasteiger partial charge on any atom is -0.382 e. The van der Waals surface area contributed by atoms with Gasteiger partial charge in [-0.3, -0.25) is 14.5 Å². The van der Waals surface area contributed by atoms with Crippen molar-refractivity contribution in [2.75, 3.05) is 13.1 Å². The van der Waals surface area contributed by atoms with Gasteiger partial charge in [0.1, 0.15) is 5.60 Å². The van der Waals surface area contributed by atoms with E-state index in [1.807, 2.05) is 42.5 Å². The predicted octanol–water partition coefficient (Wildman–Crippen LogP) is 3.59. The summed E-state index contributed by atoms with van der Waals surface area (Å²) < 4.78 is 0. The van der Waals surface area contributed by atoms with E-state index in [0.717, 1.165) is 34.0 Å². The van der Waals surface area contributed by atoms with Gasteiger partial charge >= 0.3 is 0 Å². The highest BCUT2D eigenvalue weighted by Gasteiger charge is 2.36. The lowest BCUT2D eigenvalue weighted by atomic mass is 9.88. The first-order valence-corrected chi connectivity index (χ1v) is 10.6. The summed E-state index contributed by atoms with van der Waals surface area (Å²) in [4.78, 5) is 32.9. The number of Topliss-reactive ketones (excluding diaryl/α,β-unsaturated/α-hetero) is 1. The topological polar surface area (TPSA) is 89.2 Å². The van der Waals surface area contributed by atoms with Gasteiger partial charge in [0.15, 0.2) is 5.78 Å². The van der Waals surface area contributed by atoms with Gasteiger partial charge in [0.25, 0.3) is 5.56 Å². The molecule has 31 heavy (non-hydrogen) atoms. The molecule has 0 atom stereocenters. The predicted molar refractivity (Wildman–Crippen MR) is 122 cm³/mol. The second kappa shape index (κ2) is 7.48. The van der Waals surface area contributed by atoms with Crippen LogP contribution in [-0.2, 0) is 11.3 Å². The fourth-order valence-electron chi connectivity index (χ4n) is 4.46. The molecule has 5 rings (SSSR count). The van der Waals surface area contributed by atoms with Crippen LogP contribution < -0.4 is 5.56 Å². The maximum absolute atomic E-state index is 12.6. The summed E-state index contributed by atoms with van der Waals surface area (Å²) in [5, 5.41) is 12.4. The lowest BCUT2D eigenvalue weighted by Gasteiger charge is -2.36. The molecule has 0 unspecified atom stereocenters. The number of hydrogen-bond donors (Lipinski definition) is 3. The molecule has 0 spiro atoms. The van der Waals surface area contributed by atoms with Crippen molar-refractivity contribution in [3.8, 4) is 11.3 Å². The average Bonchev–Trinajstić information content (AvgIpc) is 3.18. The number of nitrogens with zero attached hydrogens (tertiary/aromatic N) is 1. The van der Waals surface area contributed by atoms with Crippen LogP contribution in [-0.4, -0.2) is 44.4 Å². The van der Waals surface area contributed by atoms with Crippen molar-refractivity contribution in [1.29, 1.82) is 0 Å². The molecule has 3 N–H and O–H groups in total. The third-order valence-electron chi connectivity index (χ3n) is 6.47. The summed E-state index contributed by atoms with van der Waals surface area (Å²) >= 11 is 0. The molecule has 3 heterocycles. The Kier molecular flexibility index (Phi) is 4.76. The molecule has 0 amide bonds. The molecule has 1 fully saturated rings. The number of carbonyl (C=O) groups is 1. The maximum atomic E-state index is 12.6. The lowest BCUT2D eigenvalue weighted by Crippen LogP contribution is -2.48. The SMILES string of the molecule is CC(=O)C1(O)CCN(Cc2ccc3[nH]c(-c4cc5ccccc5[nH]c4=O)cc3c2)CC1. The Bertz CT molecular complexity index is 1340. The van der Waals surface area contributed by atoms with Crippen molar-refractivity contribution in [1.82, 2.24) is 14.9 Å². The number of fused-ring (bicyclic) bond motifs is 2. The van der Waals surface area contributed by atoms with E-state index >= 15 is 0 Å². The Morgan fingerprint density at radius 2 is 1.74 bits per heavy atom. The lowest BCUT2D eigenvalue weighted by molar-refractivity contribution is -0.140. The Morgan fingerprint density at radius 1 is 1.00 bits per heavy atom. The van der Waals surface area contributed by atoms with Crippen LogP contribution in [0.3, 0.4) is 0 Å². The van der Waals surface area contributed by atoms with E-state index in [1.165, 1.54) is 12.5 Å². The summed E-state index contributed by atoms with van der Waals surface area (Å²) in [6.07, 6.45) is 0.952. The van der Waals surface area contributed by atoms with Crippen LogP contribution in [0.25, 0.3) is 33.1 Å². The first kappa shape index (κ1) is 19.7. The van der Waals surface area contributed by atoms with Crippen molar-refractivity contribution in [2.24, 2.45) is 0 Å². The number of likely N-dealkylation sites (tertiary alicyclic amines) is 1. The fourth-order valence-corrected chi connectivity index (χ4v) is 4.46. The molecule has 1 aliphatic rings. The molecule has 0 bridgehead atoms. The quantitative estimate of drug-likeness (QED) is 0.475. The molecule has 6 heteroatoms. The van der Waals surface area contributed by atoms with Crippen LogP contribution in [0.4, 0.5) is 0 Å². The third kappa shape index (κ3) is 3.69. The first-order chi connectivity index (χ1) is 14.9. The number of carbonyl (C=O) groups excluding carboxylic acids is 1. The van der Waals surface area contributed by atoms with Gasteiger partial charge in [-0.25, -0.2) is 0 Å². The molecule has 6 nitrogen and oxygen atoms in total. The van der Waals surface area contributed by atoms with E-state index in [0.29, 0.717) is 31.5 Å². The van der Waals surface area contributed by atoms with E-state index in [2.05, 4.69) is 27.0 Å². The zero-order valence-corrected chi connectivity index (χ0v) is 17.4. The molecule has 158 valence electrons. The van der Waals surface area contributed by atoms with Gasteiger partial charge in [-0.1, -0.05) is 24.3 Å². The molecular formula is C25H25N3O3. The number of benzene rings is 2. The second-order valence-electron chi connectivity index (χ2n) is 8.57. The Balaban J connectivity index is 1.39. The van der Waals surface area contributed by atoms with Gasteiger partial charge in [-0.15, -0.1) is 0 Å². The molecule has 1 saturated heterocycles. The molecule has 2 aromatic carbocycles. The highest BCUT2D eigenvalue weighted by molar-refractivity contribution is 5.89. The zero-order valence-electron chi connectivity index (χ0n) is 17.4. The van der Waals surface area contributed by atoms with Crippen LogP contribution in [0.15, 0.2) is 59.4 Å². The highest BCUT2D eigenvalue weighted by Crippen LogP contribution is 2.27. The Hall–Kier alpha value is -3.22. The number of hydrogen-bond acceptors (Lipinski definition) is 4. The third-order valence-corrected chi connectivity index (χ3v) is 6.47. The minimum atomic E-state index is -1.16. The van der Waals surface area contributed by atoms with Gasteiger partial charge in [-0.2, -0.15) is 0 Å². The number of piperidine rings is 1. The molecule has 1 aliphatic heterocycles. The van der Waals surface area contributed by atoms with Crippen LogP contribution in [0.1, 0.15) is 25.3 Å². The maximum Gasteiger partial charge on any atom is 0.257 e. The van der Waals surface area contributed by atoms with Gasteiger partial charge < -0.3 is 15.1 Å². The smallest absolute Gasteiger partial charge is 0.257 e. The van der Waals surface area contributed by atoms with E-state index in [1.54, 1.807) is 0 Å². The van der Waals surface area contributed by atoms with Crippen molar-refractivity contribution in [3.05, 3.63) is 70.5 Å². The van der Waals surface area contributed by atoms with Gasteiger partial charge in [0.2, 0.25) is 0 Å². The Morgan fingerprint density at radius 3 is 2.52 bits per heavy atom. The van der Waals surface area contributed by atoms with E-state index in [-0.39, 0.29) is 11.3 Å². The van der Waals surface area contributed by atoms with Gasteiger partial charge in [0, 0.05) is 36.1 Å². The van der Waals surface area contributed by atoms with Crippen molar-refractivity contribution in [3.63, 3.8) is 0 Å². The number of rotatable bonds is 4. The number of aromatic nitrogens is 2. The van der Waals surface area contributed by atoms with E-state index in [4.69, 9.17) is 0 Å². The summed E-state index contributed by atoms with van der Waals surface area (Å²) in [6.45, 7) is 3.62. The number of aromatic amines is 2. The largest absolute Gasteiger partial charge is 0.382 e. The monoisotopic (exact) mass is 415 g/mol. The number of para-hydroxylation sites is 1. The summed E-state index contributed by atoms with van der Waals surface area (Å²) in [6, 6.07) is 17.9. The number of ketones is 1. The standard InChI is InChI=1S/C25H25N3O3/c1-16(29)25(31)8-10-28(11-9-25)15-17-6-7-22-19(12-17)14-23(26-22)20-13-18-4-2-3-5-21(18)27-24(20)30/h2-7,12-14,26,31H,8-11,15H2,1H3,(H,27,30). The molecule has 4 aromatic rings. The van der Waals surface area contributed by atoms with Crippen LogP contribution in [0.5, 0.6) is 0 Å². The van der Waals surface area contributed by atoms with E-state index < -0.39 is 5.60 Å². The molecule has 2 aromatic heterocycles. The van der Waals surface area contributed by atoms with Crippen LogP contribution in [0.2, 0.25) is 0 Å². The van der Waals surface area contributed by atoms with Crippen molar-refractivity contribution < 1.29 is 9.90 Å². The highest BCUT2D eigenvalue weighted by atomic mass is 16.3. The number of pyridine rings is 1. The Labute approximate surface area is 179 Å². The van der Waals surface area contributed by atoms with Gasteiger partial charge in [-0.05, 0) is 61.0 Å². The summed E-state index contributed by atoms with van der Waals surface area (Å²) in [7, 11) is 0. The van der Waals surface area contributed by atoms with Crippen LogP contribution in [0, 0.1) is 0 Å². The second-order valence-corrected chi connectivity index (χ2v) is 8.57. The molecular weight excluding hydrogens is 390 g/mol. The van der Waals surface area contributed by atoms with E-state index in [9.17, 15) is 14.7 Å². The number of aliphatic hydroxyl groups is 1. The fraction of sp³-hybridized carbons (Fsp3) is 0.280. The van der Waals surface area contributed by atoms with Crippen LogP contribution >= 0.6 is 0 Å². The minimum absolute atomic E-state index is 0.114. The molecule has 0 aliphatic carbocycles. The number of nitrogens with one attached hydrogen (secondary N) is 2. The zero-order chi connectivity index (χ0) is 21.6. The molecule has 0 saturated carbocycles. The summed E-state index contributed by atoms with van der Waals surface area (Å²) in [5.74, 6) is -0.142. The van der Waals surface area contributed by atoms with Gasteiger partial charge in [0.05, 0.1) is 11.3 Å².